The maximum atomic E-state index is 13.2. The molecule has 1 heterocycles. The van der Waals surface area contributed by atoms with Crippen LogP contribution in [0.4, 0.5) is 0 Å². The highest BCUT2D eigenvalue weighted by Crippen LogP contribution is 2.27. The Labute approximate surface area is 192 Å². The zero-order chi connectivity index (χ0) is 21.8. The van der Waals surface area contributed by atoms with Crippen LogP contribution in [0.25, 0.3) is 10.8 Å². The number of fused-ring (bicyclic) bond motifs is 1. The average Bonchev–Trinajstić information content (AvgIpc) is 2.79. The van der Waals surface area contributed by atoms with Crippen molar-refractivity contribution in [2.75, 3.05) is 0 Å². The van der Waals surface area contributed by atoms with E-state index in [0.29, 0.717) is 15.6 Å². The van der Waals surface area contributed by atoms with Gasteiger partial charge in [-0.3, -0.25) is 9.78 Å². The first kappa shape index (κ1) is 21.4. The number of hydrogen-bond donors (Lipinski definition) is 1. The fourth-order valence-electron chi connectivity index (χ4n) is 3.87. The molecule has 4 aromatic rings. The number of nitrogens with zero attached hydrogens (tertiary/aromatic N) is 1. The van der Waals surface area contributed by atoms with Crippen LogP contribution in [-0.2, 0) is 6.42 Å². The van der Waals surface area contributed by atoms with Gasteiger partial charge in [-0.1, -0.05) is 59.6 Å². The Morgan fingerprint density at radius 1 is 0.935 bits per heavy atom. The molecular formula is C26H22Cl2N2O. The van der Waals surface area contributed by atoms with E-state index >= 15 is 0 Å². The minimum Gasteiger partial charge on any atom is -0.349 e. The SMILES string of the molecule is CC(NC(=O)c1cccc2cnccc12)C(Cc1ccc(Cl)cc1)c1ccc(Cl)cc1. The summed E-state index contributed by atoms with van der Waals surface area (Å²) >= 11 is 12.2. The number of rotatable bonds is 6. The van der Waals surface area contributed by atoms with Crippen molar-refractivity contribution in [3.05, 3.63) is 112 Å². The zero-order valence-corrected chi connectivity index (χ0v) is 18.6. The van der Waals surface area contributed by atoms with E-state index in [9.17, 15) is 4.79 Å². The van der Waals surface area contributed by atoms with Gasteiger partial charge in [0.25, 0.3) is 5.91 Å². The standard InChI is InChI=1S/C26H22Cl2N2O/c1-17(30-26(31)24-4-2-3-20-16-29-14-13-23(20)24)25(19-7-11-22(28)12-8-19)15-18-5-9-21(27)10-6-18/h2-14,16-17,25H,15H2,1H3,(H,30,31). The first-order valence-corrected chi connectivity index (χ1v) is 10.9. The highest BCUT2D eigenvalue weighted by molar-refractivity contribution is 6.30. The summed E-state index contributed by atoms with van der Waals surface area (Å²) in [6.07, 6.45) is 4.24. The van der Waals surface area contributed by atoms with E-state index in [1.807, 2.05) is 79.7 Å². The molecule has 5 heteroatoms. The summed E-state index contributed by atoms with van der Waals surface area (Å²) in [7, 11) is 0. The van der Waals surface area contributed by atoms with Crippen molar-refractivity contribution in [2.45, 2.75) is 25.3 Å². The van der Waals surface area contributed by atoms with Gasteiger partial charge in [-0.05, 0) is 66.3 Å². The second-order valence-electron chi connectivity index (χ2n) is 7.65. The van der Waals surface area contributed by atoms with E-state index in [4.69, 9.17) is 23.2 Å². The van der Waals surface area contributed by atoms with Crippen LogP contribution >= 0.6 is 23.2 Å². The van der Waals surface area contributed by atoms with E-state index in [0.717, 1.165) is 28.3 Å². The fourth-order valence-corrected chi connectivity index (χ4v) is 4.13. The number of carbonyl (C=O) groups is 1. The van der Waals surface area contributed by atoms with Crippen LogP contribution < -0.4 is 5.32 Å². The highest BCUT2D eigenvalue weighted by atomic mass is 35.5. The summed E-state index contributed by atoms with van der Waals surface area (Å²) in [6, 6.07) is 23.1. The molecule has 4 rings (SSSR count). The van der Waals surface area contributed by atoms with Crippen molar-refractivity contribution >= 4 is 39.9 Å². The number of nitrogens with one attached hydrogen (secondary N) is 1. The molecule has 0 spiro atoms. The van der Waals surface area contributed by atoms with Crippen LogP contribution in [0.15, 0.2) is 85.2 Å². The predicted molar refractivity (Wildman–Crippen MR) is 128 cm³/mol. The largest absolute Gasteiger partial charge is 0.349 e. The van der Waals surface area contributed by atoms with Crippen LogP contribution in [0.2, 0.25) is 10.0 Å². The van der Waals surface area contributed by atoms with Gasteiger partial charge in [0.15, 0.2) is 0 Å². The molecule has 0 aliphatic heterocycles. The lowest BCUT2D eigenvalue weighted by molar-refractivity contribution is 0.0936. The minimum absolute atomic E-state index is 0.0686. The van der Waals surface area contributed by atoms with Gasteiger partial charge in [0.1, 0.15) is 0 Å². The molecule has 0 saturated heterocycles. The van der Waals surface area contributed by atoms with Gasteiger partial charge in [0.05, 0.1) is 0 Å². The van der Waals surface area contributed by atoms with Gasteiger partial charge < -0.3 is 5.32 Å². The lowest BCUT2D eigenvalue weighted by atomic mass is 9.86. The number of amides is 1. The van der Waals surface area contributed by atoms with E-state index in [2.05, 4.69) is 10.3 Å². The van der Waals surface area contributed by atoms with Crippen molar-refractivity contribution in [1.29, 1.82) is 0 Å². The molecule has 1 N–H and O–H groups in total. The van der Waals surface area contributed by atoms with Crippen molar-refractivity contribution in [3.8, 4) is 0 Å². The van der Waals surface area contributed by atoms with Gasteiger partial charge in [0, 0.05) is 45.3 Å². The second-order valence-corrected chi connectivity index (χ2v) is 8.53. The third-order valence-corrected chi connectivity index (χ3v) is 6.06. The van der Waals surface area contributed by atoms with E-state index in [-0.39, 0.29) is 17.9 Å². The summed E-state index contributed by atoms with van der Waals surface area (Å²) in [6.45, 7) is 2.04. The van der Waals surface area contributed by atoms with Gasteiger partial charge in [-0.2, -0.15) is 0 Å². The molecule has 0 aliphatic rings. The Kier molecular flexibility index (Phi) is 6.55. The normalized spacial score (nSPS) is 13.0. The number of hydrogen-bond acceptors (Lipinski definition) is 2. The molecule has 1 aromatic heterocycles. The Bertz CT molecular complexity index is 1180. The first-order valence-electron chi connectivity index (χ1n) is 10.1. The molecule has 1 amide bonds. The third-order valence-electron chi connectivity index (χ3n) is 5.55. The molecule has 0 radical (unpaired) electrons. The molecule has 3 nitrogen and oxygen atoms in total. The third kappa shape index (κ3) is 5.07. The maximum absolute atomic E-state index is 13.2. The molecule has 2 unspecified atom stereocenters. The van der Waals surface area contributed by atoms with Gasteiger partial charge in [0.2, 0.25) is 0 Å². The summed E-state index contributed by atoms with van der Waals surface area (Å²) < 4.78 is 0. The maximum Gasteiger partial charge on any atom is 0.252 e. The molecule has 2 atom stereocenters. The van der Waals surface area contributed by atoms with Crippen molar-refractivity contribution in [1.82, 2.24) is 10.3 Å². The summed E-state index contributed by atoms with van der Waals surface area (Å²) in [5.41, 5.74) is 2.92. The van der Waals surface area contributed by atoms with Crippen LogP contribution in [0.1, 0.15) is 34.3 Å². The molecule has 0 aliphatic carbocycles. The van der Waals surface area contributed by atoms with Gasteiger partial charge >= 0.3 is 0 Å². The summed E-state index contributed by atoms with van der Waals surface area (Å²) in [5, 5.41) is 6.45. The summed E-state index contributed by atoms with van der Waals surface area (Å²) in [4.78, 5) is 17.3. The second kappa shape index (κ2) is 9.51. The number of benzene rings is 3. The van der Waals surface area contributed by atoms with Crippen LogP contribution in [-0.4, -0.2) is 16.9 Å². The Hall–Kier alpha value is -2.88. The minimum atomic E-state index is -0.110. The monoisotopic (exact) mass is 448 g/mol. The Morgan fingerprint density at radius 2 is 1.61 bits per heavy atom. The van der Waals surface area contributed by atoms with E-state index < -0.39 is 0 Å². The fraction of sp³-hybridized carbons (Fsp3) is 0.154. The van der Waals surface area contributed by atoms with Gasteiger partial charge in [-0.25, -0.2) is 0 Å². The first-order chi connectivity index (χ1) is 15.0. The van der Waals surface area contributed by atoms with Crippen LogP contribution in [0.3, 0.4) is 0 Å². The molecular weight excluding hydrogens is 427 g/mol. The molecule has 0 saturated carbocycles. The van der Waals surface area contributed by atoms with Crippen molar-refractivity contribution in [2.24, 2.45) is 0 Å². The smallest absolute Gasteiger partial charge is 0.252 e. The molecule has 0 fully saturated rings. The number of halogens is 2. The summed E-state index contributed by atoms with van der Waals surface area (Å²) in [5.74, 6) is -0.0293. The Morgan fingerprint density at radius 3 is 2.32 bits per heavy atom. The number of aromatic nitrogens is 1. The van der Waals surface area contributed by atoms with Crippen LogP contribution in [0.5, 0.6) is 0 Å². The molecule has 31 heavy (non-hydrogen) atoms. The molecule has 156 valence electrons. The molecule has 0 bridgehead atoms. The lowest BCUT2D eigenvalue weighted by Gasteiger charge is -2.26. The number of carbonyl (C=O) groups excluding carboxylic acids is 1. The van der Waals surface area contributed by atoms with Crippen LogP contribution in [0, 0.1) is 0 Å². The Balaban J connectivity index is 1.61. The van der Waals surface area contributed by atoms with Crippen molar-refractivity contribution < 1.29 is 4.79 Å². The lowest BCUT2D eigenvalue weighted by Crippen LogP contribution is -2.38. The highest BCUT2D eigenvalue weighted by Gasteiger charge is 2.23. The topological polar surface area (TPSA) is 42.0 Å². The van der Waals surface area contributed by atoms with E-state index in [1.165, 1.54) is 0 Å². The average molecular weight is 449 g/mol. The quantitative estimate of drug-likeness (QED) is 0.357. The predicted octanol–water partition coefficient (Wildman–Crippen LogP) is 6.69. The number of pyridine rings is 1. The molecule has 3 aromatic carbocycles. The van der Waals surface area contributed by atoms with Gasteiger partial charge in [-0.15, -0.1) is 0 Å². The van der Waals surface area contributed by atoms with Crippen molar-refractivity contribution in [3.63, 3.8) is 0 Å². The zero-order valence-electron chi connectivity index (χ0n) is 17.1. The van der Waals surface area contributed by atoms with E-state index in [1.54, 1.807) is 12.4 Å².